The van der Waals surface area contributed by atoms with Crippen molar-refractivity contribution in [2.45, 2.75) is 13.3 Å². The number of halogens is 3. The lowest BCUT2D eigenvalue weighted by atomic mass is 10.0. The topological polar surface area (TPSA) is 17.1 Å². The average Bonchev–Trinajstić information content (AvgIpc) is 2.43. The van der Waals surface area contributed by atoms with Crippen LogP contribution >= 0.6 is 0 Å². The molecule has 0 radical (unpaired) electrons. The Morgan fingerprint density at radius 1 is 1.00 bits per heavy atom. The van der Waals surface area contributed by atoms with Gasteiger partial charge in [-0.3, -0.25) is 4.79 Å². The maximum Gasteiger partial charge on any atom is 0.194 e. The summed E-state index contributed by atoms with van der Waals surface area (Å²) in [4.78, 5) is 11.6. The zero-order valence-corrected chi connectivity index (χ0v) is 10.2. The van der Waals surface area contributed by atoms with Gasteiger partial charge in [-0.15, -0.1) is 0 Å². The third kappa shape index (κ3) is 2.67. The van der Waals surface area contributed by atoms with Crippen molar-refractivity contribution in [3.05, 3.63) is 59.4 Å². The Hall–Kier alpha value is -2.10. The predicted molar refractivity (Wildman–Crippen MR) is 66.4 cm³/mol. The molecule has 0 atom stereocenters. The van der Waals surface area contributed by atoms with Gasteiger partial charge >= 0.3 is 0 Å². The molecule has 0 aromatic heterocycles. The van der Waals surface area contributed by atoms with Crippen molar-refractivity contribution in [1.29, 1.82) is 0 Å². The van der Waals surface area contributed by atoms with Gasteiger partial charge in [-0.1, -0.05) is 25.1 Å². The molecule has 0 unspecified atom stereocenters. The largest absolute Gasteiger partial charge is 0.294 e. The van der Waals surface area contributed by atoms with Crippen molar-refractivity contribution < 1.29 is 18.0 Å². The zero-order chi connectivity index (χ0) is 14.0. The molecule has 19 heavy (non-hydrogen) atoms. The molecule has 0 saturated carbocycles. The number of hydrogen-bond donors (Lipinski definition) is 0. The van der Waals surface area contributed by atoms with Crippen molar-refractivity contribution in [2.75, 3.05) is 0 Å². The first kappa shape index (κ1) is 13.3. The van der Waals surface area contributed by atoms with Crippen molar-refractivity contribution in [3.8, 4) is 11.1 Å². The van der Waals surface area contributed by atoms with Gasteiger partial charge in [-0.05, 0) is 29.3 Å². The monoisotopic (exact) mass is 264 g/mol. The van der Waals surface area contributed by atoms with E-state index in [1.165, 1.54) is 6.07 Å². The fourth-order valence-corrected chi connectivity index (χ4v) is 1.80. The molecule has 0 saturated heterocycles. The van der Waals surface area contributed by atoms with E-state index in [1.54, 1.807) is 25.1 Å². The van der Waals surface area contributed by atoms with Gasteiger partial charge in [-0.2, -0.15) is 0 Å². The van der Waals surface area contributed by atoms with Gasteiger partial charge in [0.2, 0.25) is 0 Å². The third-order valence-electron chi connectivity index (χ3n) is 2.82. The number of carbonyl (C=O) groups is 1. The molecule has 98 valence electrons. The van der Waals surface area contributed by atoms with Crippen LogP contribution < -0.4 is 0 Å². The van der Waals surface area contributed by atoms with E-state index in [1.807, 2.05) is 0 Å². The molecule has 0 bridgehead atoms. The highest BCUT2D eigenvalue weighted by Gasteiger charge is 2.12. The Labute approximate surface area is 108 Å². The fraction of sp³-hybridized carbons (Fsp3) is 0.133. The van der Waals surface area contributed by atoms with Crippen LogP contribution in [0.1, 0.15) is 23.7 Å². The summed E-state index contributed by atoms with van der Waals surface area (Å²) < 4.78 is 39.2. The normalized spacial score (nSPS) is 10.5. The van der Waals surface area contributed by atoms with E-state index < -0.39 is 17.5 Å². The molecule has 0 amide bonds. The minimum atomic E-state index is -1.50. The number of benzene rings is 2. The molecule has 0 N–H and O–H groups in total. The second-order valence-electron chi connectivity index (χ2n) is 4.11. The molecule has 2 aromatic rings. The van der Waals surface area contributed by atoms with Gasteiger partial charge in [0, 0.05) is 12.0 Å². The molecule has 0 fully saturated rings. The zero-order valence-electron chi connectivity index (χ0n) is 10.2. The minimum absolute atomic E-state index is 0.0649. The van der Waals surface area contributed by atoms with Gasteiger partial charge in [0.1, 0.15) is 0 Å². The van der Waals surface area contributed by atoms with E-state index in [4.69, 9.17) is 0 Å². The summed E-state index contributed by atoms with van der Waals surface area (Å²) >= 11 is 0. The quantitative estimate of drug-likeness (QED) is 0.594. The molecule has 4 heteroatoms. The molecular formula is C15H11F3O. The molecule has 2 rings (SSSR count). The van der Waals surface area contributed by atoms with Gasteiger partial charge in [0.05, 0.1) is 0 Å². The van der Waals surface area contributed by atoms with Crippen molar-refractivity contribution in [1.82, 2.24) is 0 Å². The van der Waals surface area contributed by atoms with E-state index in [0.29, 0.717) is 17.5 Å². The molecular weight excluding hydrogens is 253 g/mol. The number of hydrogen-bond acceptors (Lipinski definition) is 1. The van der Waals surface area contributed by atoms with Gasteiger partial charge < -0.3 is 0 Å². The van der Waals surface area contributed by atoms with Crippen LogP contribution in [-0.4, -0.2) is 5.78 Å². The van der Waals surface area contributed by atoms with E-state index in [0.717, 1.165) is 12.1 Å². The third-order valence-corrected chi connectivity index (χ3v) is 2.82. The summed E-state index contributed by atoms with van der Waals surface area (Å²) in [6, 6.07) is 8.22. The first-order valence-electron chi connectivity index (χ1n) is 5.81. The summed E-state index contributed by atoms with van der Waals surface area (Å²) in [6.07, 6.45) is 0.343. The predicted octanol–water partition coefficient (Wildman–Crippen LogP) is 4.36. The highest BCUT2D eigenvalue weighted by Crippen LogP contribution is 2.24. The lowest BCUT2D eigenvalue weighted by molar-refractivity contribution is 0.0988. The fourth-order valence-electron chi connectivity index (χ4n) is 1.80. The lowest BCUT2D eigenvalue weighted by Gasteiger charge is -2.05. The second kappa shape index (κ2) is 5.26. The van der Waals surface area contributed by atoms with Crippen LogP contribution in [-0.2, 0) is 0 Å². The van der Waals surface area contributed by atoms with Crippen LogP contribution in [0, 0.1) is 17.5 Å². The number of Topliss-reactive ketones (excluding diaryl/α,β-unsaturated/α-hetero) is 1. The Kier molecular flexibility index (Phi) is 3.69. The smallest absolute Gasteiger partial charge is 0.194 e. The summed E-state index contributed by atoms with van der Waals surface area (Å²) in [5.41, 5.74) is 1.13. The standard InChI is InChI=1S/C15H11F3O/c1-2-14(19)10-5-3-4-9(6-10)11-7-12(16)15(18)13(17)8-11/h3-8H,2H2,1H3. The molecule has 0 aliphatic rings. The molecule has 2 aromatic carbocycles. The van der Waals surface area contributed by atoms with Gasteiger partial charge in [-0.25, -0.2) is 13.2 Å². The van der Waals surface area contributed by atoms with Crippen LogP contribution in [0.2, 0.25) is 0 Å². The highest BCUT2D eigenvalue weighted by molar-refractivity contribution is 5.96. The molecule has 0 spiro atoms. The van der Waals surface area contributed by atoms with E-state index in [2.05, 4.69) is 0 Å². The van der Waals surface area contributed by atoms with E-state index in [9.17, 15) is 18.0 Å². The second-order valence-corrected chi connectivity index (χ2v) is 4.11. The highest BCUT2D eigenvalue weighted by atomic mass is 19.2. The Bertz CT molecular complexity index is 612. The summed E-state index contributed by atoms with van der Waals surface area (Å²) in [7, 11) is 0. The summed E-state index contributed by atoms with van der Waals surface area (Å²) in [6.45, 7) is 1.73. The average molecular weight is 264 g/mol. The Morgan fingerprint density at radius 2 is 1.63 bits per heavy atom. The molecule has 1 nitrogen and oxygen atoms in total. The summed E-state index contributed by atoms with van der Waals surface area (Å²) in [5.74, 6) is -4.06. The van der Waals surface area contributed by atoms with Gasteiger partial charge in [0.15, 0.2) is 23.2 Å². The van der Waals surface area contributed by atoms with Crippen LogP contribution in [0.15, 0.2) is 36.4 Å². The first-order chi connectivity index (χ1) is 9.02. The first-order valence-corrected chi connectivity index (χ1v) is 5.81. The SMILES string of the molecule is CCC(=O)c1cccc(-c2cc(F)c(F)c(F)c2)c1. The molecule has 0 aliphatic heterocycles. The maximum atomic E-state index is 13.2. The van der Waals surface area contributed by atoms with E-state index >= 15 is 0 Å². The van der Waals surface area contributed by atoms with Crippen molar-refractivity contribution in [3.63, 3.8) is 0 Å². The van der Waals surface area contributed by atoms with E-state index in [-0.39, 0.29) is 11.3 Å². The van der Waals surface area contributed by atoms with Crippen molar-refractivity contribution in [2.24, 2.45) is 0 Å². The van der Waals surface area contributed by atoms with Crippen LogP contribution in [0.5, 0.6) is 0 Å². The van der Waals surface area contributed by atoms with Crippen LogP contribution in [0.3, 0.4) is 0 Å². The maximum absolute atomic E-state index is 13.2. The van der Waals surface area contributed by atoms with Crippen LogP contribution in [0.4, 0.5) is 13.2 Å². The number of ketones is 1. The Morgan fingerprint density at radius 3 is 2.21 bits per heavy atom. The van der Waals surface area contributed by atoms with Gasteiger partial charge in [0.25, 0.3) is 0 Å². The molecule has 0 aliphatic carbocycles. The summed E-state index contributed by atoms with van der Waals surface area (Å²) in [5, 5.41) is 0. The number of carbonyl (C=O) groups excluding carboxylic acids is 1. The minimum Gasteiger partial charge on any atom is -0.294 e. The van der Waals surface area contributed by atoms with Crippen LogP contribution in [0.25, 0.3) is 11.1 Å². The lowest BCUT2D eigenvalue weighted by Crippen LogP contribution is -1.97. The van der Waals surface area contributed by atoms with Crippen molar-refractivity contribution >= 4 is 5.78 Å². The number of rotatable bonds is 3. The molecule has 0 heterocycles. The Balaban J connectivity index is 2.50.